The molecule has 0 spiro atoms. The second-order valence-corrected chi connectivity index (χ2v) is 5.29. The number of oxime groups is 1. The fraction of sp³-hybridized carbons (Fsp3) is 0.769. The van der Waals surface area contributed by atoms with E-state index in [0.717, 1.165) is 25.7 Å². The molecule has 6 nitrogen and oxygen atoms in total. The summed E-state index contributed by atoms with van der Waals surface area (Å²) in [6.45, 7) is 2.17. The van der Waals surface area contributed by atoms with Gasteiger partial charge in [-0.25, -0.2) is 4.79 Å². The zero-order valence-electron chi connectivity index (χ0n) is 11.1. The number of nitrogens with zero attached hydrogens (tertiary/aromatic N) is 1. The Hall–Kier alpha value is -1.59. The summed E-state index contributed by atoms with van der Waals surface area (Å²) >= 11 is 0. The molecule has 3 unspecified atom stereocenters. The van der Waals surface area contributed by atoms with Crippen molar-refractivity contribution >= 4 is 17.6 Å². The molecule has 0 bridgehead atoms. The van der Waals surface area contributed by atoms with Gasteiger partial charge in [-0.2, -0.15) is 0 Å². The van der Waals surface area contributed by atoms with Crippen LogP contribution in [0, 0.1) is 5.92 Å². The monoisotopic (exact) mass is 268 g/mol. The van der Waals surface area contributed by atoms with E-state index in [2.05, 4.69) is 17.4 Å². The largest absolute Gasteiger partial charge is 0.477 e. The highest BCUT2D eigenvalue weighted by molar-refractivity contribution is 6.36. The summed E-state index contributed by atoms with van der Waals surface area (Å²) in [5.41, 5.74) is -0.0878. The third-order valence-corrected chi connectivity index (χ3v) is 3.91. The number of hydrogen-bond donors (Lipinski definition) is 2. The normalized spacial score (nSPS) is 30.4. The first kappa shape index (κ1) is 13.8. The van der Waals surface area contributed by atoms with Crippen LogP contribution in [-0.4, -0.2) is 34.8 Å². The molecular weight excluding hydrogens is 248 g/mol. The van der Waals surface area contributed by atoms with E-state index in [4.69, 9.17) is 9.94 Å². The number of carbonyl (C=O) groups excluding carboxylic acids is 1. The Morgan fingerprint density at radius 2 is 2.26 bits per heavy atom. The van der Waals surface area contributed by atoms with Crippen molar-refractivity contribution in [3.8, 4) is 0 Å². The first-order valence-electron chi connectivity index (χ1n) is 6.86. The van der Waals surface area contributed by atoms with Crippen molar-refractivity contribution in [1.82, 2.24) is 5.32 Å². The number of aliphatic carboxylic acids is 1. The average Bonchev–Trinajstić information content (AvgIpc) is 2.89. The molecule has 0 aromatic heterocycles. The third-order valence-electron chi connectivity index (χ3n) is 3.91. The minimum absolute atomic E-state index is 0.0467. The first-order chi connectivity index (χ1) is 9.10. The van der Waals surface area contributed by atoms with Crippen LogP contribution in [0.4, 0.5) is 0 Å². The highest BCUT2D eigenvalue weighted by Gasteiger charge is 2.33. The second kappa shape index (κ2) is 6.04. The van der Waals surface area contributed by atoms with Crippen LogP contribution < -0.4 is 5.32 Å². The smallest absolute Gasteiger partial charge is 0.353 e. The van der Waals surface area contributed by atoms with Gasteiger partial charge in [-0.15, -0.1) is 0 Å². The number of rotatable bonds is 4. The van der Waals surface area contributed by atoms with Crippen molar-refractivity contribution in [3.05, 3.63) is 0 Å². The quantitative estimate of drug-likeness (QED) is 0.804. The lowest BCUT2D eigenvalue weighted by Crippen LogP contribution is -2.43. The van der Waals surface area contributed by atoms with Crippen molar-refractivity contribution in [1.29, 1.82) is 0 Å². The molecule has 106 valence electrons. The highest BCUT2D eigenvalue weighted by Crippen LogP contribution is 2.26. The number of carboxylic acids is 1. The summed E-state index contributed by atoms with van der Waals surface area (Å²) < 4.78 is 0. The van der Waals surface area contributed by atoms with E-state index in [1.807, 2.05) is 0 Å². The van der Waals surface area contributed by atoms with Crippen molar-refractivity contribution in [3.63, 3.8) is 0 Å². The molecule has 2 rings (SSSR count). The molecule has 3 atom stereocenters. The standard InChI is InChI=1S/C13H20N2O4/c1-2-8-4-3-5-9(6-8)14-12(16)11-7-10(13(17)18)15-19-11/h8-9,11H,2-7H2,1H3,(H,14,16)(H,17,18). The molecule has 0 saturated heterocycles. The van der Waals surface area contributed by atoms with E-state index in [0.29, 0.717) is 5.92 Å². The summed E-state index contributed by atoms with van der Waals surface area (Å²) in [6, 6.07) is 0.184. The van der Waals surface area contributed by atoms with Crippen molar-refractivity contribution < 1.29 is 19.5 Å². The third kappa shape index (κ3) is 3.45. The van der Waals surface area contributed by atoms with Gasteiger partial charge in [0.2, 0.25) is 6.10 Å². The molecule has 1 aliphatic carbocycles. The lowest BCUT2D eigenvalue weighted by atomic mass is 9.84. The predicted molar refractivity (Wildman–Crippen MR) is 68.7 cm³/mol. The van der Waals surface area contributed by atoms with Gasteiger partial charge in [0.1, 0.15) is 0 Å². The van der Waals surface area contributed by atoms with Crippen LogP contribution in [0.5, 0.6) is 0 Å². The fourth-order valence-electron chi connectivity index (χ4n) is 2.73. The maximum Gasteiger partial charge on any atom is 0.353 e. The van der Waals surface area contributed by atoms with Gasteiger partial charge < -0.3 is 15.3 Å². The lowest BCUT2D eigenvalue weighted by molar-refractivity contribution is -0.132. The van der Waals surface area contributed by atoms with Crippen LogP contribution in [0.2, 0.25) is 0 Å². The summed E-state index contributed by atoms with van der Waals surface area (Å²) in [4.78, 5) is 27.6. The fourth-order valence-corrected chi connectivity index (χ4v) is 2.73. The number of carbonyl (C=O) groups is 2. The Labute approximate surface area is 112 Å². The molecule has 19 heavy (non-hydrogen) atoms. The topological polar surface area (TPSA) is 88.0 Å². The van der Waals surface area contributed by atoms with Crippen molar-refractivity contribution in [2.75, 3.05) is 0 Å². The van der Waals surface area contributed by atoms with Gasteiger partial charge in [0.05, 0.1) is 0 Å². The van der Waals surface area contributed by atoms with Crippen LogP contribution in [0.1, 0.15) is 45.4 Å². The summed E-state index contributed by atoms with van der Waals surface area (Å²) in [5.74, 6) is -0.699. The minimum atomic E-state index is -1.13. The second-order valence-electron chi connectivity index (χ2n) is 5.29. The SMILES string of the molecule is CCC1CCCC(NC(=O)C2CC(C(=O)O)=NO2)C1. The van der Waals surface area contributed by atoms with E-state index in [9.17, 15) is 9.59 Å². The first-order valence-corrected chi connectivity index (χ1v) is 6.86. The van der Waals surface area contributed by atoms with Crippen LogP contribution in [-0.2, 0) is 14.4 Å². The number of amides is 1. The Morgan fingerprint density at radius 3 is 2.89 bits per heavy atom. The van der Waals surface area contributed by atoms with E-state index in [-0.39, 0.29) is 24.1 Å². The van der Waals surface area contributed by atoms with E-state index in [1.165, 1.54) is 6.42 Å². The molecule has 1 saturated carbocycles. The highest BCUT2D eigenvalue weighted by atomic mass is 16.6. The summed E-state index contributed by atoms with van der Waals surface area (Å²) in [6.07, 6.45) is 4.75. The minimum Gasteiger partial charge on any atom is -0.477 e. The molecule has 1 amide bonds. The Kier molecular flexibility index (Phi) is 4.39. The van der Waals surface area contributed by atoms with Gasteiger partial charge >= 0.3 is 5.97 Å². The van der Waals surface area contributed by atoms with Gasteiger partial charge in [0.25, 0.3) is 5.91 Å². The van der Waals surface area contributed by atoms with Gasteiger partial charge in [0.15, 0.2) is 5.71 Å². The Balaban J connectivity index is 1.80. The number of hydrogen-bond acceptors (Lipinski definition) is 4. The zero-order valence-corrected chi connectivity index (χ0v) is 11.1. The molecular formula is C13H20N2O4. The molecule has 1 fully saturated rings. The maximum absolute atomic E-state index is 12.0. The molecule has 0 aromatic rings. The molecule has 0 aromatic carbocycles. The van der Waals surface area contributed by atoms with E-state index >= 15 is 0 Å². The van der Waals surface area contributed by atoms with Crippen molar-refractivity contribution in [2.24, 2.45) is 11.1 Å². The van der Waals surface area contributed by atoms with Gasteiger partial charge in [-0.3, -0.25) is 4.79 Å². The summed E-state index contributed by atoms with van der Waals surface area (Å²) in [7, 11) is 0. The zero-order chi connectivity index (χ0) is 13.8. The van der Waals surface area contributed by atoms with Crippen LogP contribution in [0.25, 0.3) is 0 Å². The molecule has 2 N–H and O–H groups in total. The van der Waals surface area contributed by atoms with Crippen LogP contribution in [0.3, 0.4) is 0 Å². The van der Waals surface area contributed by atoms with Crippen molar-refractivity contribution in [2.45, 2.75) is 57.6 Å². The van der Waals surface area contributed by atoms with Crippen LogP contribution in [0.15, 0.2) is 5.16 Å². The molecule has 1 aliphatic heterocycles. The number of carboxylic acid groups (broad SMARTS) is 1. The molecule has 1 heterocycles. The molecule has 2 aliphatic rings. The Morgan fingerprint density at radius 1 is 1.47 bits per heavy atom. The predicted octanol–water partition coefficient (Wildman–Crippen LogP) is 1.30. The van der Waals surface area contributed by atoms with E-state index in [1.54, 1.807) is 0 Å². The summed E-state index contributed by atoms with van der Waals surface area (Å²) in [5, 5.41) is 15.1. The average molecular weight is 268 g/mol. The number of nitrogens with one attached hydrogen (secondary N) is 1. The molecule has 6 heteroatoms. The van der Waals surface area contributed by atoms with Gasteiger partial charge in [-0.05, 0) is 18.8 Å². The van der Waals surface area contributed by atoms with Gasteiger partial charge in [-0.1, -0.05) is 31.3 Å². The lowest BCUT2D eigenvalue weighted by Gasteiger charge is -2.29. The molecule has 0 radical (unpaired) electrons. The maximum atomic E-state index is 12.0. The van der Waals surface area contributed by atoms with E-state index < -0.39 is 12.1 Å². The van der Waals surface area contributed by atoms with Crippen LogP contribution >= 0.6 is 0 Å². The Bertz CT molecular complexity index is 394. The van der Waals surface area contributed by atoms with Gasteiger partial charge in [0, 0.05) is 12.5 Å².